The summed E-state index contributed by atoms with van der Waals surface area (Å²) >= 11 is 0. The molecule has 0 unspecified atom stereocenters. The number of rotatable bonds is 6. The first-order chi connectivity index (χ1) is 11.0. The third-order valence-electron chi connectivity index (χ3n) is 3.10. The largest absolute Gasteiger partial charge is 0.496 e. The highest BCUT2D eigenvalue weighted by Gasteiger charge is 2.13. The topological polar surface area (TPSA) is 82.1 Å². The Morgan fingerprint density at radius 2 is 1.52 bits per heavy atom. The van der Waals surface area contributed by atoms with Crippen molar-refractivity contribution in [3.05, 3.63) is 42.5 Å². The van der Waals surface area contributed by atoms with Crippen molar-refractivity contribution >= 4 is 11.9 Å². The molecule has 6 heteroatoms. The lowest BCUT2D eigenvalue weighted by atomic mass is 10.0. The van der Waals surface area contributed by atoms with Crippen LogP contribution in [0, 0.1) is 0 Å². The molecule has 0 aromatic heterocycles. The zero-order valence-corrected chi connectivity index (χ0v) is 12.7. The summed E-state index contributed by atoms with van der Waals surface area (Å²) in [5.74, 6) is -0.473. The highest BCUT2D eigenvalue weighted by Crippen LogP contribution is 2.38. The lowest BCUT2D eigenvalue weighted by Crippen LogP contribution is -2.13. The van der Waals surface area contributed by atoms with Crippen LogP contribution in [0.3, 0.4) is 0 Å². The first-order valence-corrected chi connectivity index (χ1v) is 6.79. The van der Waals surface area contributed by atoms with Gasteiger partial charge in [0.15, 0.2) is 0 Å². The van der Waals surface area contributed by atoms with E-state index in [1.54, 1.807) is 38.5 Å². The second-order valence-electron chi connectivity index (χ2n) is 4.61. The van der Waals surface area contributed by atoms with Crippen LogP contribution in [0.1, 0.15) is 6.42 Å². The monoisotopic (exact) mass is 316 g/mol. The molecule has 0 radical (unpaired) electrons. The number of ether oxygens (including phenoxy) is 3. The molecule has 0 saturated carbocycles. The maximum Gasteiger partial charge on any atom is 0.322 e. The van der Waals surface area contributed by atoms with Crippen LogP contribution in [-0.4, -0.2) is 31.3 Å². The molecule has 1 N–H and O–H groups in total. The van der Waals surface area contributed by atoms with E-state index < -0.39 is 18.4 Å². The van der Waals surface area contributed by atoms with Crippen molar-refractivity contribution in [3.8, 4) is 28.4 Å². The summed E-state index contributed by atoms with van der Waals surface area (Å²) in [7, 11) is 3.14. The van der Waals surface area contributed by atoms with Gasteiger partial charge in [-0.25, -0.2) is 0 Å². The molecule has 2 rings (SSSR count). The van der Waals surface area contributed by atoms with Crippen molar-refractivity contribution in [2.45, 2.75) is 6.42 Å². The summed E-state index contributed by atoms with van der Waals surface area (Å²) < 4.78 is 15.6. The Morgan fingerprint density at radius 1 is 0.957 bits per heavy atom. The third-order valence-corrected chi connectivity index (χ3v) is 3.10. The van der Waals surface area contributed by atoms with E-state index in [1.165, 1.54) is 0 Å². The van der Waals surface area contributed by atoms with Crippen molar-refractivity contribution in [1.82, 2.24) is 0 Å². The molecule has 0 aliphatic carbocycles. The molecule has 2 aromatic rings. The summed E-state index contributed by atoms with van der Waals surface area (Å²) in [5.41, 5.74) is 1.60. The Balaban J connectivity index is 2.26. The van der Waals surface area contributed by atoms with Gasteiger partial charge < -0.3 is 19.3 Å². The lowest BCUT2D eigenvalue weighted by molar-refractivity contribution is -0.145. The zero-order chi connectivity index (χ0) is 16.8. The molecule has 0 atom stereocenters. The number of carbonyl (C=O) groups is 2. The number of aliphatic carboxylic acids is 1. The second kappa shape index (κ2) is 7.31. The number of carboxylic acid groups (broad SMARTS) is 1. The number of methoxy groups -OCH3 is 2. The molecule has 120 valence electrons. The fraction of sp³-hybridized carbons (Fsp3) is 0.176. The van der Waals surface area contributed by atoms with Crippen LogP contribution < -0.4 is 14.2 Å². The van der Waals surface area contributed by atoms with E-state index in [0.717, 1.165) is 11.1 Å². The predicted octanol–water partition coefficient (Wildman–Crippen LogP) is 2.75. The van der Waals surface area contributed by atoms with Crippen LogP contribution in [0.4, 0.5) is 0 Å². The SMILES string of the molecule is COc1cccc(OC)c1-c1ccc(OC(=O)CC(=O)O)cc1. The first kappa shape index (κ1) is 16.4. The van der Waals surface area contributed by atoms with E-state index in [2.05, 4.69) is 0 Å². The highest BCUT2D eigenvalue weighted by molar-refractivity contribution is 5.91. The van der Waals surface area contributed by atoms with Gasteiger partial charge in [-0.15, -0.1) is 0 Å². The summed E-state index contributed by atoms with van der Waals surface area (Å²) in [4.78, 5) is 21.8. The summed E-state index contributed by atoms with van der Waals surface area (Å²) in [6.07, 6.45) is -0.678. The van der Waals surface area contributed by atoms with Crippen molar-refractivity contribution < 1.29 is 28.9 Å². The molecular weight excluding hydrogens is 300 g/mol. The fourth-order valence-electron chi connectivity index (χ4n) is 2.12. The van der Waals surface area contributed by atoms with Gasteiger partial charge in [0.05, 0.1) is 19.8 Å². The van der Waals surface area contributed by atoms with Gasteiger partial charge in [0.25, 0.3) is 0 Å². The molecule has 0 bridgehead atoms. The number of benzene rings is 2. The van der Waals surface area contributed by atoms with Crippen molar-refractivity contribution in [1.29, 1.82) is 0 Å². The van der Waals surface area contributed by atoms with E-state index in [-0.39, 0.29) is 5.75 Å². The first-order valence-electron chi connectivity index (χ1n) is 6.79. The number of hydrogen-bond donors (Lipinski definition) is 1. The van der Waals surface area contributed by atoms with E-state index >= 15 is 0 Å². The van der Waals surface area contributed by atoms with Crippen molar-refractivity contribution in [3.63, 3.8) is 0 Å². The molecule has 2 aromatic carbocycles. The van der Waals surface area contributed by atoms with Gasteiger partial charge in [0.1, 0.15) is 23.7 Å². The van der Waals surface area contributed by atoms with Crippen molar-refractivity contribution in [2.24, 2.45) is 0 Å². The summed E-state index contributed by atoms with van der Waals surface area (Å²) in [6, 6.07) is 12.1. The van der Waals surface area contributed by atoms with E-state index in [4.69, 9.17) is 19.3 Å². The fourth-order valence-corrected chi connectivity index (χ4v) is 2.12. The molecule has 0 amide bonds. The summed E-state index contributed by atoms with van der Waals surface area (Å²) in [6.45, 7) is 0. The van der Waals surface area contributed by atoms with Crippen molar-refractivity contribution in [2.75, 3.05) is 14.2 Å². The number of carboxylic acids is 1. The van der Waals surface area contributed by atoms with Gasteiger partial charge in [-0.05, 0) is 29.8 Å². The summed E-state index contributed by atoms with van der Waals surface area (Å²) in [5, 5.41) is 8.54. The smallest absolute Gasteiger partial charge is 0.322 e. The van der Waals surface area contributed by atoms with Gasteiger partial charge in [-0.2, -0.15) is 0 Å². The van der Waals surface area contributed by atoms with Crippen LogP contribution in [0.2, 0.25) is 0 Å². The minimum atomic E-state index is -1.23. The Bertz CT molecular complexity index is 683. The van der Waals surface area contributed by atoms with Crippen LogP contribution in [0.5, 0.6) is 17.2 Å². The van der Waals surface area contributed by atoms with Gasteiger partial charge in [0, 0.05) is 0 Å². The standard InChI is InChI=1S/C17H16O6/c1-21-13-4-3-5-14(22-2)17(13)11-6-8-12(9-7-11)23-16(20)10-15(18)19/h3-9H,10H2,1-2H3,(H,18,19). The average Bonchev–Trinajstić information content (AvgIpc) is 2.54. The predicted molar refractivity (Wildman–Crippen MR) is 82.9 cm³/mol. The zero-order valence-electron chi connectivity index (χ0n) is 12.7. The number of esters is 1. The molecule has 6 nitrogen and oxygen atoms in total. The maximum absolute atomic E-state index is 11.3. The molecular formula is C17H16O6. The molecule has 0 spiro atoms. The van der Waals surface area contributed by atoms with Gasteiger partial charge in [-0.1, -0.05) is 18.2 Å². The van der Waals surface area contributed by atoms with E-state index in [0.29, 0.717) is 11.5 Å². The molecule has 0 saturated heterocycles. The molecule has 0 aliphatic rings. The van der Waals surface area contributed by atoms with Gasteiger partial charge in [0.2, 0.25) is 0 Å². The number of carbonyl (C=O) groups excluding carboxylic acids is 1. The van der Waals surface area contributed by atoms with Crippen LogP contribution >= 0.6 is 0 Å². The van der Waals surface area contributed by atoms with Crippen LogP contribution in [-0.2, 0) is 9.59 Å². The average molecular weight is 316 g/mol. The molecule has 0 fully saturated rings. The van der Waals surface area contributed by atoms with Gasteiger partial charge >= 0.3 is 11.9 Å². The highest BCUT2D eigenvalue weighted by atomic mass is 16.5. The third kappa shape index (κ3) is 4.00. The Labute approximate surface area is 133 Å². The minimum Gasteiger partial charge on any atom is -0.496 e. The van der Waals surface area contributed by atoms with Crippen LogP contribution in [0.15, 0.2) is 42.5 Å². The van der Waals surface area contributed by atoms with E-state index in [1.807, 2.05) is 18.2 Å². The van der Waals surface area contributed by atoms with Gasteiger partial charge in [-0.3, -0.25) is 9.59 Å². The molecule has 23 heavy (non-hydrogen) atoms. The second-order valence-corrected chi connectivity index (χ2v) is 4.61. The quantitative estimate of drug-likeness (QED) is 0.501. The van der Waals surface area contributed by atoms with E-state index in [9.17, 15) is 9.59 Å². The number of hydrogen-bond acceptors (Lipinski definition) is 5. The normalized spacial score (nSPS) is 10.0. The lowest BCUT2D eigenvalue weighted by Gasteiger charge is -2.13. The van der Waals surface area contributed by atoms with Crippen LogP contribution in [0.25, 0.3) is 11.1 Å². The minimum absolute atomic E-state index is 0.272. The Hall–Kier alpha value is -3.02. The maximum atomic E-state index is 11.3. The Kier molecular flexibility index (Phi) is 5.19. The Morgan fingerprint density at radius 3 is 2.00 bits per heavy atom. The molecule has 0 aliphatic heterocycles. The molecule has 0 heterocycles.